The van der Waals surface area contributed by atoms with E-state index < -0.39 is 0 Å². The summed E-state index contributed by atoms with van der Waals surface area (Å²) in [6.45, 7) is 4.36. The number of aromatic hydroxyl groups is 2. The average Bonchev–Trinajstić information content (AvgIpc) is 2.65. The molecule has 0 saturated heterocycles. The molecule has 0 bridgehead atoms. The number of aryl methyl sites for hydroxylation is 2. The minimum Gasteiger partial charge on any atom is -0.508 e. The molecule has 27 heavy (non-hydrogen) atoms. The lowest BCUT2D eigenvalue weighted by Crippen LogP contribution is -1.91. The topological polar surface area (TPSA) is 40.5 Å². The smallest absolute Gasteiger partial charge is 0.119 e. The van der Waals surface area contributed by atoms with E-state index in [1.807, 2.05) is 0 Å². The highest BCUT2D eigenvalue weighted by atomic mass is 16.3. The van der Waals surface area contributed by atoms with E-state index in [2.05, 4.69) is 13.8 Å². The molecule has 0 fully saturated rings. The lowest BCUT2D eigenvalue weighted by Gasteiger charge is -2.09. The van der Waals surface area contributed by atoms with Gasteiger partial charge in [-0.15, -0.1) is 0 Å². The quantitative estimate of drug-likeness (QED) is 0.213. The van der Waals surface area contributed by atoms with Gasteiger partial charge in [0, 0.05) is 0 Å². The first kappa shape index (κ1) is 23.9. The molecule has 1 aromatic carbocycles. The highest BCUT2D eigenvalue weighted by molar-refractivity contribution is 5.45. The highest BCUT2D eigenvalue weighted by Gasteiger charge is 2.08. The Labute approximate surface area is 168 Å². The molecule has 2 N–H and O–H groups in total. The molecule has 156 valence electrons. The van der Waals surface area contributed by atoms with Gasteiger partial charge in [-0.05, 0) is 42.5 Å². The Morgan fingerprint density at radius 1 is 0.481 bits per heavy atom. The molecular weight excluding hydrogens is 332 g/mol. The van der Waals surface area contributed by atoms with Crippen LogP contribution < -0.4 is 0 Å². The van der Waals surface area contributed by atoms with Crippen LogP contribution in [0.4, 0.5) is 0 Å². The first-order valence-electron chi connectivity index (χ1n) is 11.7. The molecule has 0 saturated carbocycles. The third kappa shape index (κ3) is 11.3. The van der Waals surface area contributed by atoms with Gasteiger partial charge in [0.05, 0.1) is 0 Å². The van der Waals surface area contributed by atoms with Crippen molar-refractivity contribution in [3.63, 3.8) is 0 Å². The van der Waals surface area contributed by atoms with Crippen molar-refractivity contribution in [1.82, 2.24) is 0 Å². The fraction of sp³-hybridized carbons (Fsp3) is 0.760. The summed E-state index contributed by atoms with van der Waals surface area (Å²) in [7, 11) is 0. The summed E-state index contributed by atoms with van der Waals surface area (Å²) in [5.41, 5.74) is 1.76. The van der Waals surface area contributed by atoms with Crippen LogP contribution in [0.15, 0.2) is 12.1 Å². The summed E-state index contributed by atoms with van der Waals surface area (Å²) in [4.78, 5) is 0. The zero-order valence-electron chi connectivity index (χ0n) is 18.1. The van der Waals surface area contributed by atoms with Crippen molar-refractivity contribution in [3.05, 3.63) is 23.3 Å². The van der Waals surface area contributed by atoms with Crippen LogP contribution in [0.3, 0.4) is 0 Å². The van der Waals surface area contributed by atoms with E-state index in [-0.39, 0.29) is 0 Å². The second-order valence-corrected chi connectivity index (χ2v) is 8.21. The molecule has 0 amide bonds. The normalized spacial score (nSPS) is 11.2. The second kappa shape index (κ2) is 15.8. The molecule has 0 unspecified atom stereocenters. The van der Waals surface area contributed by atoms with E-state index in [9.17, 15) is 10.2 Å². The molecule has 0 heterocycles. The molecule has 2 nitrogen and oxygen atoms in total. The standard InChI is InChI=1S/C25H44O2/c1-3-5-6-7-8-9-10-11-12-13-14-15-16-17-19-23-21-24(26)22(18-4-2)20-25(23)27/h20-21,26-27H,3-19H2,1-2H3. The molecule has 0 aliphatic carbocycles. The Bertz CT molecular complexity index is 481. The van der Waals surface area contributed by atoms with Gasteiger partial charge in [0.25, 0.3) is 0 Å². The maximum Gasteiger partial charge on any atom is 0.119 e. The van der Waals surface area contributed by atoms with Crippen molar-refractivity contribution in [3.8, 4) is 11.5 Å². The Kier molecular flexibility index (Phi) is 14.0. The number of phenolic OH excluding ortho intramolecular Hbond substituents is 2. The van der Waals surface area contributed by atoms with Gasteiger partial charge in [-0.25, -0.2) is 0 Å². The number of hydrogen-bond acceptors (Lipinski definition) is 2. The Balaban J connectivity index is 1.98. The number of benzene rings is 1. The van der Waals surface area contributed by atoms with Crippen LogP contribution in [0.25, 0.3) is 0 Å². The largest absolute Gasteiger partial charge is 0.508 e. The predicted molar refractivity (Wildman–Crippen MR) is 118 cm³/mol. The lowest BCUT2D eigenvalue weighted by atomic mass is 10.00. The maximum atomic E-state index is 10.1. The van der Waals surface area contributed by atoms with Crippen molar-refractivity contribution in [2.75, 3.05) is 0 Å². The third-order valence-corrected chi connectivity index (χ3v) is 5.60. The summed E-state index contributed by atoms with van der Waals surface area (Å²) in [6.07, 6.45) is 21.7. The van der Waals surface area contributed by atoms with Crippen LogP contribution in [-0.4, -0.2) is 10.2 Å². The summed E-state index contributed by atoms with van der Waals surface area (Å²) in [5.74, 6) is 0.695. The summed E-state index contributed by atoms with van der Waals surface area (Å²) in [5, 5.41) is 20.2. The fourth-order valence-corrected chi connectivity index (χ4v) is 3.84. The summed E-state index contributed by atoms with van der Waals surface area (Å²) >= 11 is 0. The van der Waals surface area contributed by atoms with Gasteiger partial charge in [0.15, 0.2) is 0 Å². The summed E-state index contributed by atoms with van der Waals surface area (Å²) in [6, 6.07) is 3.51. The Morgan fingerprint density at radius 3 is 1.26 bits per heavy atom. The van der Waals surface area contributed by atoms with Crippen LogP contribution in [-0.2, 0) is 12.8 Å². The number of rotatable bonds is 17. The van der Waals surface area contributed by atoms with Crippen molar-refractivity contribution in [2.45, 2.75) is 123 Å². The molecule has 1 aromatic rings. The predicted octanol–water partition coefficient (Wildman–Crippen LogP) is 8.07. The first-order valence-corrected chi connectivity index (χ1v) is 11.7. The lowest BCUT2D eigenvalue weighted by molar-refractivity contribution is 0.446. The maximum absolute atomic E-state index is 10.1. The fourth-order valence-electron chi connectivity index (χ4n) is 3.84. The summed E-state index contributed by atoms with van der Waals surface area (Å²) < 4.78 is 0. The van der Waals surface area contributed by atoms with Crippen molar-refractivity contribution in [2.24, 2.45) is 0 Å². The van der Waals surface area contributed by atoms with Crippen LogP contribution in [0.1, 0.15) is 121 Å². The van der Waals surface area contributed by atoms with E-state index in [1.54, 1.807) is 12.1 Å². The van der Waals surface area contributed by atoms with E-state index in [1.165, 1.54) is 83.5 Å². The Morgan fingerprint density at radius 2 is 0.852 bits per heavy atom. The van der Waals surface area contributed by atoms with Crippen LogP contribution in [0, 0.1) is 0 Å². The van der Waals surface area contributed by atoms with Gasteiger partial charge in [0.1, 0.15) is 11.5 Å². The molecule has 0 aliphatic heterocycles. The van der Waals surface area contributed by atoms with E-state index in [0.29, 0.717) is 11.5 Å². The molecule has 2 heteroatoms. The third-order valence-electron chi connectivity index (χ3n) is 5.60. The average molecular weight is 377 g/mol. The van der Waals surface area contributed by atoms with Crippen LogP contribution in [0.2, 0.25) is 0 Å². The van der Waals surface area contributed by atoms with Gasteiger partial charge in [-0.1, -0.05) is 104 Å². The zero-order valence-corrected chi connectivity index (χ0v) is 18.1. The van der Waals surface area contributed by atoms with Gasteiger partial charge in [0.2, 0.25) is 0 Å². The molecular formula is C25H44O2. The SMILES string of the molecule is CCCCCCCCCCCCCCCCc1cc(O)c(CCC)cc1O. The molecule has 1 rings (SSSR count). The van der Waals surface area contributed by atoms with Gasteiger partial charge in [-0.2, -0.15) is 0 Å². The molecule has 0 aromatic heterocycles. The molecule has 0 radical (unpaired) electrons. The molecule has 0 aliphatic rings. The highest BCUT2D eigenvalue weighted by Crippen LogP contribution is 2.29. The van der Waals surface area contributed by atoms with E-state index >= 15 is 0 Å². The van der Waals surface area contributed by atoms with Gasteiger partial charge >= 0.3 is 0 Å². The number of hydrogen-bond donors (Lipinski definition) is 2. The number of phenols is 2. The van der Waals surface area contributed by atoms with Gasteiger partial charge < -0.3 is 10.2 Å². The van der Waals surface area contributed by atoms with E-state index in [0.717, 1.165) is 36.8 Å². The van der Waals surface area contributed by atoms with Crippen molar-refractivity contribution < 1.29 is 10.2 Å². The van der Waals surface area contributed by atoms with E-state index in [4.69, 9.17) is 0 Å². The zero-order chi connectivity index (χ0) is 19.7. The first-order chi connectivity index (χ1) is 13.2. The second-order valence-electron chi connectivity index (χ2n) is 8.21. The van der Waals surface area contributed by atoms with Crippen molar-refractivity contribution in [1.29, 1.82) is 0 Å². The van der Waals surface area contributed by atoms with Crippen molar-refractivity contribution >= 4 is 0 Å². The Hall–Kier alpha value is -1.18. The minimum atomic E-state index is 0.343. The number of unbranched alkanes of at least 4 members (excludes halogenated alkanes) is 13. The van der Waals surface area contributed by atoms with Crippen LogP contribution >= 0.6 is 0 Å². The molecule has 0 spiro atoms. The van der Waals surface area contributed by atoms with Crippen LogP contribution in [0.5, 0.6) is 11.5 Å². The molecule has 0 atom stereocenters. The monoisotopic (exact) mass is 376 g/mol. The minimum absolute atomic E-state index is 0.343. The van der Waals surface area contributed by atoms with Gasteiger partial charge in [-0.3, -0.25) is 0 Å².